The monoisotopic (exact) mass is 530 g/mol. The average molecular weight is 532 g/mol. The van der Waals surface area contributed by atoms with Gasteiger partial charge in [-0.25, -0.2) is 4.79 Å². The normalized spacial score (nSPS) is 19.4. The molecule has 1 N–H and O–H groups in total. The molecular weight excluding hydrogens is 512 g/mol. The molecule has 1 aliphatic heterocycles. The first-order valence-corrected chi connectivity index (χ1v) is 11.5. The molecule has 4 rings (SSSR count). The molecule has 2 aromatic carbocycles. The molecule has 1 aliphatic carbocycles. The lowest BCUT2D eigenvalue weighted by Crippen LogP contribution is -2.30. The van der Waals surface area contributed by atoms with Crippen molar-refractivity contribution in [3.05, 3.63) is 69.2 Å². The zero-order chi connectivity index (χ0) is 23.7. The molecule has 2 aliphatic rings. The first-order chi connectivity index (χ1) is 15.8. The average Bonchev–Trinajstić information content (AvgIpc) is 3.08. The molecule has 170 valence electrons. The van der Waals surface area contributed by atoms with E-state index in [4.69, 9.17) is 16.3 Å². The number of anilines is 2. The Morgan fingerprint density at radius 3 is 2.27 bits per heavy atom. The van der Waals surface area contributed by atoms with Crippen molar-refractivity contribution in [3.8, 4) is 0 Å². The molecule has 0 spiro atoms. The SMILES string of the molecule is Cc1c(NC(=O)COC(=O)c2ccc(N3C(=O)[C@H]4CC=CC[C@@H]4C3=O)cc2)ccc(Br)c1Cl. The highest BCUT2D eigenvalue weighted by atomic mass is 79.9. The summed E-state index contributed by atoms with van der Waals surface area (Å²) < 4.78 is 5.80. The fourth-order valence-corrected chi connectivity index (χ4v) is 4.58. The Hall–Kier alpha value is -2.97. The Morgan fingerprint density at radius 2 is 1.67 bits per heavy atom. The number of amides is 3. The number of esters is 1. The van der Waals surface area contributed by atoms with Crippen LogP contribution < -0.4 is 10.2 Å². The number of fused-ring (bicyclic) bond motifs is 1. The van der Waals surface area contributed by atoms with Gasteiger partial charge in [0.05, 0.1) is 28.1 Å². The Morgan fingerprint density at radius 1 is 1.06 bits per heavy atom. The summed E-state index contributed by atoms with van der Waals surface area (Å²) in [5, 5.41) is 3.14. The summed E-state index contributed by atoms with van der Waals surface area (Å²) in [5.41, 5.74) is 1.82. The van der Waals surface area contributed by atoms with E-state index in [0.717, 1.165) is 0 Å². The highest BCUT2D eigenvalue weighted by Crippen LogP contribution is 2.37. The third-order valence-electron chi connectivity index (χ3n) is 5.82. The molecule has 0 aromatic heterocycles. The van der Waals surface area contributed by atoms with Crippen LogP contribution in [0.3, 0.4) is 0 Å². The van der Waals surface area contributed by atoms with Crippen LogP contribution in [-0.2, 0) is 19.1 Å². The largest absolute Gasteiger partial charge is 0.452 e. The third-order valence-corrected chi connectivity index (χ3v) is 7.19. The van der Waals surface area contributed by atoms with Gasteiger partial charge < -0.3 is 10.1 Å². The Kier molecular flexibility index (Phi) is 6.67. The van der Waals surface area contributed by atoms with Crippen LogP contribution in [0.15, 0.2) is 53.0 Å². The van der Waals surface area contributed by atoms with E-state index in [1.807, 2.05) is 12.2 Å². The van der Waals surface area contributed by atoms with E-state index in [2.05, 4.69) is 21.2 Å². The minimum atomic E-state index is -0.695. The van der Waals surface area contributed by atoms with E-state index in [9.17, 15) is 19.2 Å². The van der Waals surface area contributed by atoms with Crippen molar-refractivity contribution >= 4 is 62.6 Å². The number of hydrogen-bond donors (Lipinski definition) is 1. The van der Waals surface area contributed by atoms with Gasteiger partial charge in [-0.3, -0.25) is 19.3 Å². The van der Waals surface area contributed by atoms with Crippen molar-refractivity contribution in [2.24, 2.45) is 11.8 Å². The molecule has 0 unspecified atom stereocenters. The second-order valence-corrected chi connectivity index (χ2v) is 9.11. The van der Waals surface area contributed by atoms with Gasteiger partial charge in [-0.05, 0) is 77.7 Å². The van der Waals surface area contributed by atoms with Crippen molar-refractivity contribution in [3.63, 3.8) is 0 Å². The van der Waals surface area contributed by atoms with Crippen LogP contribution in [0.1, 0.15) is 28.8 Å². The van der Waals surface area contributed by atoms with Gasteiger partial charge >= 0.3 is 5.97 Å². The lowest BCUT2D eigenvalue weighted by atomic mass is 9.85. The zero-order valence-electron chi connectivity index (χ0n) is 17.6. The van der Waals surface area contributed by atoms with Crippen LogP contribution in [-0.4, -0.2) is 30.3 Å². The van der Waals surface area contributed by atoms with E-state index >= 15 is 0 Å². The summed E-state index contributed by atoms with van der Waals surface area (Å²) in [5.74, 6) is -2.29. The molecule has 0 bridgehead atoms. The highest BCUT2D eigenvalue weighted by Gasteiger charge is 2.47. The van der Waals surface area contributed by atoms with Gasteiger partial charge in [0.1, 0.15) is 0 Å². The number of carbonyl (C=O) groups excluding carboxylic acids is 4. The first kappa shape index (κ1) is 23.2. The van der Waals surface area contributed by atoms with Crippen molar-refractivity contribution in [1.82, 2.24) is 0 Å². The summed E-state index contributed by atoms with van der Waals surface area (Å²) in [6.07, 6.45) is 4.98. The molecule has 0 radical (unpaired) electrons. The topological polar surface area (TPSA) is 92.8 Å². The number of carbonyl (C=O) groups is 4. The molecular formula is C24H20BrClN2O5. The number of benzene rings is 2. The van der Waals surface area contributed by atoms with Crippen LogP contribution in [0.25, 0.3) is 0 Å². The lowest BCUT2D eigenvalue weighted by molar-refractivity contribution is -0.122. The van der Waals surface area contributed by atoms with E-state index in [1.54, 1.807) is 19.1 Å². The van der Waals surface area contributed by atoms with Gasteiger partial charge in [0.2, 0.25) is 11.8 Å². The molecule has 9 heteroatoms. The fourth-order valence-electron chi connectivity index (χ4n) is 3.99. The van der Waals surface area contributed by atoms with Crippen LogP contribution in [0, 0.1) is 18.8 Å². The number of halogens is 2. The van der Waals surface area contributed by atoms with Crippen LogP contribution in [0.2, 0.25) is 5.02 Å². The molecule has 2 aromatic rings. The summed E-state index contributed by atoms with van der Waals surface area (Å²) >= 11 is 9.47. The van der Waals surface area contributed by atoms with Gasteiger partial charge in [0, 0.05) is 10.2 Å². The predicted octanol–water partition coefficient (Wildman–Crippen LogP) is 4.66. The van der Waals surface area contributed by atoms with Crippen molar-refractivity contribution in [1.29, 1.82) is 0 Å². The van der Waals surface area contributed by atoms with Gasteiger partial charge in [0.25, 0.3) is 5.91 Å². The lowest BCUT2D eigenvalue weighted by Gasteiger charge is -2.15. The van der Waals surface area contributed by atoms with E-state index in [0.29, 0.717) is 39.3 Å². The summed E-state index contributed by atoms with van der Waals surface area (Å²) in [7, 11) is 0. The van der Waals surface area contributed by atoms with E-state index < -0.39 is 18.5 Å². The number of rotatable bonds is 5. The summed E-state index contributed by atoms with van der Waals surface area (Å²) in [4.78, 5) is 51.1. The van der Waals surface area contributed by atoms with E-state index in [-0.39, 0.29) is 29.2 Å². The van der Waals surface area contributed by atoms with Crippen LogP contribution in [0.5, 0.6) is 0 Å². The van der Waals surface area contributed by atoms with Crippen molar-refractivity contribution in [2.45, 2.75) is 19.8 Å². The predicted molar refractivity (Wildman–Crippen MR) is 127 cm³/mol. The summed E-state index contributed by atoms with van der Waals surface area (Å²) in [6.45, 7) is 1.28. The Balaban J connectivity index is 1.36. The van der Waals surface area contributed by atoms with Gasteiger partial charge in [-0.15, -0.1) is 0 Å². The maximum Gasteiger partial charge on any atom is 0.338 e. The van der Waals surface area contributed by atoms with Crippen LogP contribution >= 0.6 is 27.5 Å². The standard InChI is InChI=1S/C24H20BrClN2O5/c1-13-19(11-10-18(25)21(13)26)27-20(29)12-33-24(32)14-6-8-15(9-7-14)28-22(30)16-4-2-3-5-17(16)23(28)31/h2-3,6-11,16-17H,4-5,12H2,1H3,(H,27,29)/t16-,17-/m0/s1. The Bertz CT molecular complexity index is 1150. The number of hydrogen-bond acceptors (Lipinski definition) is 5. The molecule has 1 fully saturated rings. The fraction of sp³-hybridized carbons (Fsp3) is 0.250. The number of allylic oxidation sites excluding steroid dienone is 2. The first-order valence-electron chi connectivity index (χ1n) is 10.3. The van der Waals surface area contributed by atoms with Crippen molar-refractivity contribution in [2.75, 3.05) is 16.8 Å². The maximum absolute atomic E-state index is 12.7. The van der Waals surface area contributed by atoms with E-state index in [1.165, 1.54) is 29.2 Å². The third kappa shape index (κ3) is 4.58. The number of nitrogens with one attached hydrogen (secondary N) is 1. The second kappa shape index (κ2) is 9.49. The Labute approximate surface area is 203 Å². The maximum atomic E-state index is 12.7. The number of imide groups is 1. The molecule has 2 atom stereocenters. The highest BCUT2D eigenvalue weighted by molar-refractivity contribution is 9.10. The molecule has 33 heavy (non-hydrogen) atoms. The second-order valence-electron chi connectivity index (χ2n) is 7.87. The molecule has 0 saturated carbocycles. The van der Waals surface area contributed by atoms with Gasteiger partial charge in [-0.2, -0.15) is 0 Å². The summed E-state index contributed by atoms with van der Waals surface area (Å²) in [6, 6.07) is 9.40. The minimum Gasteiger partial charge on any atom is -0.452 e. The molecule has 1 heterocycles. The molecule has 3 amide bonds. The van der Waals surface area contributed by atoms with Gasteiger partial charge in [-0.1, -0.05) is 23.8 Å². The quantitative estimate of drug-likeness (QED) is 0.344. The smallest absolute Gasteiger partial charge is 0.338 e. The van der Waals surface area contributed by atoms with Crippen molar-refractivity contribution < 1.29 is 23.9 Å². The number of ether oxygens (including phenoxy) is 1. The minimum absolute atomic E-state index is 0.201. The molecule has 7 nitrogen and oxygen atoms in total. The number of nitrogens with zero attached hydrogens (tertiary/aromatic N) is 1. The molecule has 1 saturated heterocycles. The van der Waals surface area contributed by atoms with Gasteiger partial charge in [0.15, 0.2) is 6.61 Å². The van der Waals surface area contributed by atoms with Crippen LogP contribution in [0.4, 0.5) is 11.4 Å². The zero-order valence-corrected chi connectivity index (χ0v) is 20.0.